The molecule has 25 heavy (non-hydrogen) atoms. The minimum absolute atomic E-state index is 0.130. The fourth-order valence-corrected chi connectivity index (χ4v) is 3.26. The molecular formula is C16H32N6O2S. The number of guanidine groups is 1. The molecule has 1 heterocycles. The maximum atomic E-state index is 11.7. The van der Waals surface area contributed by atoms with Crippen LogP contribution in [-0.2, 0) is 23.6 Å². The second-order valence-corrected chi connectivity index (χ2v) is 8.34. The molecule has 0 aliphatic heterocycles. The Kier molecular flexibility index (Phi) is 8.37. The second kappa shape index (κ2) is 9.76. The Hall–Kier alpha value is -1.61. The molecule has 144 valence electrons. The third-order valence-electron chi connectivity index (χ3n) is 4.18. The molecule has 0 aliphatic carbocycles. The highest BCUT2D eigenvalue weighted by atomic mass is 32.2. The number of sulfonamides is 1. The Morgan fingerprint density at radius 1 is 1.28 bits per heavy atom. The molecule has 0 aliphatic rings. The van der Waals surface area contributed by atoms with Crippen LogP contribution in [0, 0.1) is 13.8 Å². The van der Waals surface area contributed by atoms with E-state index in [4.69, 9.17) is 0 Å². The average molecular weight is 373 g/mol. The summed E-state index contributed by atoms with van der Waals surface area (Å²) in [5, 5.41) is 10.9. The molecule has 0 bridgehead atoms. The lowest BCUT2D eigenvalue weighted by Gasteiger charge is -2.16. The summed E-state index contributed by atoms with van der Waals surface area (Å²) in [7, 11) is 0.435. The lowest BCUT2D eigenvalue weighted by atomic mass is 10.2. The minimum Gasteiger partial charge on any atom is -0.357 e. The van der Waals surface area contributed by atoms with Crippen molar-refractivity contribution in [1.82, 2.24) is 24.7 Å². The van der Waals surface area contributed by atoms with Gasteiger partial charge in [0.25, 0.3) is 0 Å². The Balaban J connectivity index is 2.57. The number of hydrogen-bond acceptors (Lipinski definition) is 4. The van der Waals surface area contributed by atoms with Crippen LogP contribution in [0.1, 0.15) is 37.2 Å². The number of aromatic nitrogens is 2. The third-order valence-corrected chi connectivity index (χ3v) is 6.04. The van der Waals surface area contributed by atoms with Crippen molar-refractivity contribution in [3.63, 3.8) is 0 Å². The molecule has 1 rings (SSSR count). The van der Waals surface area contributed by atoms with Crippen LogP contribution in [-0.4, -0.2) is 60.9 Å². The Labute approximate surface area is 151 Å². The van der Waals surface area contributed by atoms with Gasteiger partial charge in [0, 0.05) is 45.0 Å². The first-order chi connectivity index (χ1) is 11.7. The van der Waals surface area contributed by atoms with Gasteiger partial charge in [-0.05, 0) is 34.1 Å². The van der Waals surface area contributed by atoms with E-state index < -0.39 is 10.0 Å². The number of aryl methyl sites for hydroxylation is 2. The lowest BCUT2D eigenvalue weighted by molar-refractivity contribution is 0.461. The van der Waals surface area contributed by atoms with E-state index >= 15 is 0 Å². The van der Waals surface area contributed by atoms with Crippen molar-refractivity contribution in [1.29, 1.82) is 0 Å². The van der Waals surface area contributed by atoms with Gasteiger partial charge in [0.15, 0.2) is 5.96 Å². The molecule has 0 unspecified atom stereocenters. The Morgan fingerprint density at radius 3 is 2.48 bits per heavy atom. The van der Waals surface area contributed by atoms with Crippen LogP contribution in [0.3, 0.4) is 0 Å². The van der Waals surface area contributed by atoms with Crippen LogP contribution in [0.4, 0.5) is 0 Å². The number of nitrogens with one attached hydrogen (secondary N) is 2. The third kappa shape index (κ3) is 6.32. The van der Waals surface area contributed by atoms with Crippen LogP contribution < -0.4 is 10.6 Å². The summed E-state index contributed by atoms with van der Waals surface area (Å²) in [6.45, 7) is 10.2. The Morgan fingerprint density at radius 2 is 1.96 bits per heavy atom. The summed E-state index contributed by atoms with van der Waals surface area (Å²) >= 11 is 0. The quantitative estimate of drug-likeness (QED) is 0.379. The van der Waals surface area contributed by atoms with Gasteiger partial charge in [0.05, 0.1) is 18.0 Å². The van der Waals surface area contributed by atoms with Crippen molar-refractivity contribution >= 4 is 16.0 Å². The zero-order chi connectivity index (χ0) is 19.0. The molecule has 0 saturated carbocycles. The minimum atomic E-state index is -3.11. The standard InChI is InChI=1S/C16H32N6O2S/c1-7-17-16(18-10-9-11-21(5)25(23,24)8-2)19-12-15-13(3)20-22(6)14(15)4/h7-12H2,1-6H3,(H2,17,18,19). The van der Waals surface area contributed by atoms with Crippen molar-refractivity contribution in [2.24, 2.45) is 12.0 Å². The number of aliphatic imine (C=N–C) groups is 1. The molecular weight excluding hydrogens is 340 g/mol. The van der Waals surface area contributed by atoms with Gasteiger partial charge in [-0.3, -0.25) is 4.68 Å². The van der Waals surface area contributed by atoms with E-state index in [9.17, 15) is 8.42 Å². The molecule has 2 N–H and O–H groups in total. The normalized spacial score (nSPS) is 12.7. The van der Waals surface area contributed by atoms with E-state index in [1.165, 1.54) is 4.31 Å². The Bertz CT molecular complexity index is 681. The highest BCUT2D eigenvalue weighted by molar-refractivity contribution is 7.89. The van der Waals surface area contributed by atoms with Crippen LogP contribution in [0.5, 0.6) is 0 Å². The molecule has 0 atom stereocenters. The van der Waals surface area contributed by atoms with Crippen molar-refractivity contribution < 1.29 is 8.42 Å². The number of nitrogens with zero attached hydrogens (tertiary/aromatic N) is 4. The smallest absolute Gasteiger partial charge is 0.213 e. The molecule has 8 nitrogen and oxygen atoms in total. The van der Waals surface area contributed by atoms with Gasteiger partial charge in [-0.15, -0.1) is 0 Å². The monoisotopic (exact) mass is 372 g/mol. The van der Waals surface area contributed by atoms with Gasteiger partial charge in [-0.25, -0.2) is 17.7 Å². The van der Waals surface area contributed by atoms with E-state index in [1.54, 1.807) is 14.0 Å². The fourth-order valence-electron chi connectivity index (χ4n) is 2.41. The van der Waals surface area contributed by atoms with Gasteiger partial charge in [0.1, 0.15) is 0 Å². The van der Waals surface area contributed by atoms with E-state index in [-0.39, 0.29) is 5.75 Å². The van der Waals surface area contributed by atoms with Crippen molar-refractivity contribution in [2.45, 2.75) is 40.7 Å². The first kappa shape index (κ1) is 21.4. The largest absolute Gasteiger partial charge is 0.357 e. The number of hydrogen-bond donors (Lipinski definition) is 2. The van der Waals surface area contributed by atoms with Gasteiger partial charge in [-0.1, -0.05) is 0 Å². The summed E-state index contributed by atoms with van der Waals surface area (Å²) < 4.78 is 26.7. The zero-order valence-corrected chi connectivity index (χ0v) is 17.1. The van der Waals surface area contributed by atoms with Gasteiger partial charge >= 0.3 is 0 Å². The lowest BCUT2D eigenvalue weighted by Crippen LogP contribution is -2.39. The second-order valence-electron chi connectivity index (χ2n) is 5.97. The van der Waals surface area contributed by atoms with Gasteiger partial charge in [0.2, 0.25) is 10.0 Å². The van der Waals surface area contributed by atoms with E-state index in [1.807, 2.05) is 32.5 Å². The fraction of sp³-hybridized carbons (Fsp3) is 0.750. The zero-order valence-electron chi connectivity index (χ0n) is 16.3. The van der Waals surface area contributed by atoms with Crippen LogP contribution in [0.25, 0.3) is 0 Å². The molecule has 0 radical (unpaired) electrons. The van der Waals surface area contributed by atoms with E-state index in [0.29, 0.717) is 26.1 Å². The van der Waals surface area contributed by atoms with Crippen molar-refractivity contribution in [2.75, 3.05) is 32.4 Å². The van der Waals surface area contributed by atoms with Gasteiger partial charge in [-0.2, -0.15) is 5.10 Å². The molecule has 1 aromatic rings. The van der Waals surface area contributed by atoms with Crippen molar-refractivity contribution in [3.05, 3.63) is 17.0 Å². The summed E-state index contributed by atoms with van der Waals surface area (Å²) in [5.74, 6) is 0.858. The highest BCUT2D eigenvalue weighted by Crippen LogP contribution is 2.12. The molecule has 0 spiro atoms. The highest BCUT2D eigenvalue weighted by Gasteiger charge is 2.14. The predicted octanol–water partition coefficient (Wildman–Crippen LogP) is 0.764. The molecule has 1 aromatic heterocycles. The summed E-state index contributed by atoms with van der Waals surface area (Å²) in [4.78, 5) is 4.61. The average Bonchev–Trinajstić information content (AvgIpc) is 2.81. The SMILES string of the molecule is CCNC(=NCc1c(C)nn(C)c1C)NCCCN(C)S(=O)(=O)CC. The predicted molar refractivity (Wildman–Crippen MR) is 102 cm³/mol. The molecule has 0 saturated heterocycles. The summed E-state index contributed by atoms with van der Waals surface area (Å²) in [6.07, 6.45) is 0.713. The maximum absolute atomic E-state index is 11.7. The molecule has 9 heteroatoms. The molecule has 0 amide bonds. The molecule has 0 aromatic carbocycles. The summed E-state index contributed by atoms with van der Waals surface area (Å²) in [6, 6.07) is 0. The van der Waals surface area contributed by atoms with Crippen LogP contribution in [0.15, 0.2) is 4.99 Å². The topological polar surface area (TPSA) is 91.6 Å². The number of rotatable bonds is 9. The first-order valence-corrected chi connectivity index (χ1v) is 10.3. The molecule has 0 fully saturated rings. The summed E-state index contributed by atoms with van der Waals surface area (Å²) in [5.41, 5.74) is 3.24. The van der Waals surface area contributed by atoms with Crippen LogP contribution >= 0.6 is 0 Å². The van der Waals surface area contributed by atoms with Crippen LogP contribution in [0.2, 0.25) is 0 Å². The van der Waals surface area contributed by atoms with Gasteiger partial charge < -0.3 is 10.6 Å². The first-order valence-electron chi connectivity index (χ1n) is 8.68. The van der Waals surface area contributed by atoms with E-state index in [2.05, 4.69) is 20.7 Å². The van der Waals surface area contributed by atoms with Crippen molar-refractivity contribution in [3.8, 4) is 0 Å². The van der Waals surface area contributed by atoms with E-state index in [0.717, 1.165) is 29.5 Å². The maximum Gasteiger partial charge on any atom is 0.213 e.